The van der Waals surface area contributed by atoms with Gasteiger partial charge in [0.15, 0.2) is 0 Å². The van der Waals surface area contributed by atoms with Crippen molar-refractivity contribution in [3.63, 3.8) is 0 Å². The van der Waals surface area contributed by atoms with E-state index in [4.69, 9.17) is 4.74 Å². The van der Waals surface area contributed by atoms with Crippen LogP contribution in [0.15, 0.2) is 28.1 Å². The van der Waals surface area contributed by atoms with Gasteiger partial charge in [-0.05, 0) is 25.5 Å². The quantitative estimate of drug-likeness (QED) is 0.146. The molecule has 1 heterocycles. The van der Waals surface area contributed by atoms with Crippen molar-refractivity contribution in [1.29, 1.82) is 0 Å². The molecule has 0 unspecified atom stereocenters. The maximum absolute atomic E-state index is 13.0. The second-order valence-corrected chi connectivity index (χ2v) is 12.0. The van der Waals surface area contributed by atoms with Crippen LogP contribution in [0.5, 0.6) is 0 Å². The predicted octanol–water partition coefficient (Wildman–Crippen LogP) is 7.11. The van der Waals surface area contributed by atoms with Gasteiger partial charge in [-0.1, -0.05) is 96.5 Å². The topological polar surface area (TPSA) is 105 Å². The van der Waals surface area contributed by atoms with Gasteiger partial charge in [0.05, 0.1) is 12.3 Å². The maximum atomic E-state index is 13.0. The van der Waals surface area contributed by atoms with Crippen molar-refractivity contribution < 1.29 is 22.7 Å². The van der Waals surface area contributed by atoms with Crippen LogP contribution < -0.4 is 5.32 Å². The SMILES string of the molecule is CCCCCCCCCCCCCCCCC(=O)Nc1cccc2c1N=C(CC(=O)OCC)N(C)S2(=O)=O. The third-order valence-electron chi connectivity index (χ3n) is 6.88. The van der Waals surface area contributed by atoms with Crippen LogP contribution in [0.4, 0.5) is 11.4 Å². The Morgan fingerprint density at radius 1 is 0.868 bits per heavy atom. The van der Waals surface area contributed by atoms with E-state index in [0.29, 0.717) is 12.1 Å². The van der Waals surface area contributed by atoms with Crippen LogP contribution in [0.2, 0.25) is 0 Å². The predicted molar refractivity (Wildman–Crippen MR) is 153 cm³/mol. The molecule has 0 aliphatic carbocycles. The van der Waals surface area contributed by atoms with E-state index in [1.54, 1.807) is 19.1 Å². The fraction of sp³-hybridized carbons (Fsp3) is 0.690. The minimum atomic E-state index is -3.89. The first kappa shape index (κ1) is 31.8. The minimum absolute atomic E-state index is 0.00176. The number of amidine groups is 1. The molecule has 8 nitrogen and oxygen atoms in total. The molecule has 0 saturated carbocycles. The lowest BCUT2D eigenvalue weighted by atomic mass is 10.0. The van der Waals surface area contributed by atoms with Gasteiger partial charge in [0.25, 0.3) is 10.0 Å². The molecule has 1 aliphatic rings. The van der Waals surface area contributed by atoms with Gasteiger partial charge < -0.3 is 10.1 Å². The zero-order valence-electron chi connectivity index (χ0n) is 23.6. The molecule has 2 rings (SSSR count). The van der Waals surface area contributed by atoms with Crippen LogP contribution in [0.1, 0.15) is 117 Å². The Morgan fingerprint density at radius 3 is 1.97 bits per heavy atom. The van der Waals surface area contributed by atoms with Crippen LogP contribution >= 0.6 is 0 Å². The molecular formula is C29H47N3O5S. The summed E-state index contributed by atoms with van der Waals surface area (Å²) in [5, 5.41) is 2.82. The Hall–Kier alpha value is -2.42. The number of amides is 1. The average Bonchev–Trinajstić information content (AvgIpc) is 2.88. The summed E-state index contributed by atoms with van der Waals surface area (Å²) in [4.78, 5) is 29.0. The third kappa shape index (κ3) is 10.4. The lowest BCUT2D eigenvalue weighted by Crippen LogP contribution is -2.37. The molecule has 1 aromatic carbocycles. The number of nitrogens with zero attached hydrogens (tertiary/aromatic N) is 2. The van der Waals surface area contributed by atoms with E-state index in [2.05, 4.69) is 17.2 Å². The zero-order chi connectivity index (χ0) is 27.8. The molecule has 0 aromatic heterocycles. The second-order valence-electron chi connectivity index (χ2n) is 10.0. The van der Waals surface area contributed by atoms with Crippen LogP contribution in [0.25, 0.3) is 0 Å². The molecule has 0 radical (unpaired) electrons. The molecule has 1 aliphatic heterocycles. The van der Waals surface area contributed by atoms with E-state index < -0.39 is 16.0 Å². The molecular weight excluding hydrogens is 502 g/mol. The smallest absolute Gasteiger partial charge is 0.313 e. The van der Waals surface area contributed by atoms with Crippen LogP contribution in [-0.2, 0) is 24.3 Å². The molecule has 214 valence electrons. The summed E-state index contributed by atoms with van der Waals surface area (Å²) in [5.74, 6) is -0.670. The van der Waals surface area contributed by atoms with E-state index in [0.717, 1.165) is 23.6 Å². The highest BCUT2D eigenvalue weighted by molar-refractivity contribution is 7.90. The maximum Gasteiger partial charge on any atom is 0.313 e. The van der Waals surface area contributed by atoms with Crippen molar-refractivity contribution in [2.75, 3.05) is 19.0 Å². The Morgan fingerprint density at radius 2 is 1.42 bits per heavy atom. The highest BCUT2D eigenvalue weighted by atomic mass is 32.2. The number of hydrogen-bond acceptors (Lipinski definition) is 6. The first-order valence-electron chi connectivity index (χ1n) is 14.5. The number of benzene rings is 1. The lowest BCUT2D eigenvalue weighted by Gasteiger charge is -2.27. The molecule has 0 bridgehead atoms. The number of esters is 1. The molecule has 1 N–H and O–H groups in total. The van der Waals surface area contributed by atoms with Crippen molar-refractivity contribution in [2.24, 2.45) is 4.99 Å². The Labute approximate surface area is 229 Å². The van der Waals surface area contributed by atoms with Gasteiger partial charge in [0.1, 0.15) is 22.8 Å². The monoisotopic (exact) mass is 549 g/mol. The van der Waals surface area contributed by atoms with Gasteiger partial charge in [-0.25, -0.2) is 13.4 Å². The molecule has 9 heteroatoms. The van der Waals surface area contributed by atoms with Crippen LogP contribution in [-0.4, -0.2) is 44.1 Å². The molecule has 1 aromatic rings. The number of sulfonamides is 1. The second kappa shape index (κ2) is 17.2. The molecule has 0 saturated heterocycles. The fourth-order valence-corrected chi connectivity index (χ4v) is 5.95. The Kier molecular flexibility index (Phi) is 14.4. The number of carbonyl (C=O) groups excluding carboxylic acids is 2. The van der Waals surface area contributed by atoms with Crippen molar-refractivity contribution in [3.8, 4) is 0 Å². The molecule has 0 fully saturated rings. The number of hydrogen-bond donors (Lipinski definition) is 1. The molecule has 1 amide bonds. The average molecular weight is 550 g/mol. The number of aliphatic imine (C=N–C) groups is 1. The minimum Gasteiger partial charge on any atom is -0.466 e. The lowest BCUT2D eigenvalue weighted by molar-refractivity contribution is -0.141. The van der Waals surface area contributed by atoms with Crippen LogP contribution in [0, 0.1) is 0 Å². The van der Waals surface area contributed by atoms with E-state index >= 15 is 0 Å². The molecule has 0 atom stereocenters. The van der Waals surface area contributed by atoms with Crippen LogP contribution in [0.3, 0.4) is 0 Å². The first-order chi connectivity index (χ1) is 18.3. The number of carbonyl (C=O) groups is 2. The van der Waals surface area contributed by atoms with Gasteiger partial charge in [-0.3, -0.25) is 13.9 Å². The van der Waals surface area contributed by atoms with Gasteiger partial charge in [-0.2, -0.15) is 0 Å². The van der Waals surface area contributed by atoms with Crippen molar-refractivity contribution >= 4 is 39.1 Å². The summed E-state index contributed by atoms with van der Waals surface area (Å²) in [6.07, 6.45) is 17.6. The summed E-state index contributed by atoms with van der Waals surface area (Å²) in [6.45, 7) is 4.13. The van der Waals surface area contributed by atoms with E-state index in [1.165, 1.54) is 83.7 Å². The van der Waals surface area contributed by atoms with E-state index in [9.17, 15) is 18.0 Å². The normalized spacial score (nSPS) is 14.1. The largest absolute Gasteiger partial charge is 0.466 e. The van der Waals surface area contributed by atoms with Gasteiger partial charge >= 0.3 is 5.97 Å². The summed E-state index contributed by atoms with van der Waals surface area (Å²) in [6, 6.07) is 4.67. The zero-order valence-corrected chi connectivity index (χ0v) is 24.4. The fourth-order valence-electron chi connectivity index (χ4n) is 4.62. The molecule has 38 heavy (non-hydrogen) atoms. The van der Waals surface area contributed by atoms with Crippen molar-refractivity contribution in [2.45, 2.75) is 121 Å². The Bertz CT molecular complexity index is 1020. The standard InChI is InChI=1S/C29H47N3O5S/c1-4-6-7-8-9-10-11-12-13-14-15-16-17-18-22-27(33)30-24-20-19-21-25-29(24)31-26(23-28(34)37-5-2)32(3)38(25,35)36/h19-21H,4-18,22-23H2,1-3H3,(H,30,33). The van der Waals surface area contributed by atoms with Crippen molar-refractivity contribution in [1.82, 2.24) is 4.31 Å². The summed E-state index contributed by atoms with van der Waals surface area (Å²) < 4.78 is 31.9. The number of rotatable bonds is 19. The number of nitrogens with one attached hydrogen (secondary N) is 1. The third-order valence-corrected chi connectivity index (χ3v) is 8.70. The van der Waals surface area contributed by atoms with Gasteiger partial charge in [0, 0.05) is 13.5 Å². The van der Waals surface area contributed by atoms with E-state index in [1.807, 2.05) is 0 Å². The Balaban J connectivity index is 1.74. The number of fused-ring (bicyclic) bond motifs is 1. The highest BCUT2D eigenvalue weighted by Crippen LogP contribution is 2.38. The number of unbranched alkanes of at least 4 members (excludes halogenated alkanes) is 13. The summed E-state index contributed by atoms with van der Waals surface area (Å²) >= 11 is 0. The highest BCUT2D eigenvalue weighted by Gasteiger charge is 2.34. The van der Waals surface area contributed by atoms with Gasteiger partial charge in [-0.15, -0.1) is 0 Å². The number of ether oxygens (including phenoxy) is 1. The first-order valence-corrected chi connectivity index (χ1v) is 15.9. The van der Waals surface area contributed by atoms with E-state index in [-0.39, 0.29) is 35.4 Å². The van der Waals surface area contributed by atoms with Crippen molar-refractivity contribution in [3.05, 3.63) is 18.2 Å². The number of para-hydroxylation sites is 1. The molecule has 0 spiro atoms. The number of anilines is 1. The summed E-state index contributed by atoms with van der Waals surface area (Å²) in [7, 11) is -2.53. The van der Waals surface area contributed by atoms with Gasteiger partial charge in [0.2, 0.25) is 5.91 Å². The summed E-state index contributed by atoms with van der Waals surface area (Å²) in [5.41, 5.74) is 0.482.